The third-order valence-electron chi connectivity index (χ3n) is 4.62. The summed E-state index contributed by atoms with van der Waals surface area (Å²) < 4.78 is 0.957. The van der Waals surface area contributed by atoms with Gasteiger partial charge in [-0.1, -0.05) is 28.1 Å². The number of nitrogens with zero attached hydrogens (tertiary/aromatic N) is 3. The molecule has 0 amide bonds. The fraction of sp³-hybridized carbons (Fsp3) is 0.222. The Kier molecular flexibility index (Phi) is 3.75. The van der Waals surface area contributed by atoms with Crippen molar-refractivity contribution in [3.8, 4) is 23.0 Å². The lowest BCUT2D eigenvalue weighted by Crippen LogP contribution is -2.11. The molecule has 0 unspecified atom stereocenters. The lowest BCUT2D eigenvalue weighted by Gasteiger charge is -2.09. The van der Waals surface area contributed by atoms with E-state index in [0.717, 1.165) is 39.5 Å². The van der Waals surface area contributed by atoms with Crippen LogP contribution in [-0.2, 0) is 12.8 Å². The minimum Gasteiger partial charge on any atom is -0.303 e. The SMILES string of the molecule is O=c1[nH]c(-c2nc(-c3cccc(Br)c3)n[nH]2)nc2sc3c(c12)CCCC3. The van der Waals surface area contributed by atoms with Gasteiger partial charge in [0, 0.05) is 14.9 Å². The van der Waals surface area contributed by atoms with E-state index in [1.165, 1.54) is 16.9 Å². The monoisotopic (exact) mass is 427 g/mol. The Balaban J connectivity index is 1.61. The number of nitrogens with one attached hydrogen (secondary N) is 2. The lowest BCUT2D eigenvalue weighted by atomic mass is 9.97. The molecule has 3 heterocycles. The summed E-state index contributed by atoms with van der Waals surface area (Å²) in [6.45, 7) is 0. The van der Waals surface area contributed by atoms with Crippen LogP contribution in [0.3, 0.4) is 0 Å². The number of aromatic nitrogens is 5. The minimum atomic E-state index is -0.0928. The molecule has 5 rings (SSSR count). The molecule has 0 bridgehead atoms. The maximum absolute atomic E-state index is 12.7. The van der Waals surface area contributed by atoms with E-state index >= 15 is 0 Å². The highest BCUT2D eigenvalue weighted by molar-refractivity contribution is 9.10. The number of thiophene rings is 1. The Morgan fingerprint density at radius 3 is 2.88 bits per heavy atom. The molecule has 0 atom stereocenters. The average molecular weight is 428 g/mol. The van der Waals surface area contributed by atoms with Gasteiger partial charge >= 0.3 is 0 Å². The zero-order chi connectivity index (χ0) is 17.7. The van der Waals surface area contributed by atoms with E-state index in [4.69, 9.17) is 0 Å². The van der Waals surface area contributed by atoms with Crippen LogP contribution in [0.25, 0.3) is 33.3 Å². The fourth-order valence-corrected chi connectivity index (χ4v) is 5.06. The highest BCUT2D eigenvalue weighted by atomic mass is 79.9. The van der Waals surface area contributed by atoms with Gasteiger partial charge in [0.15, 0.2) is 17.5 Å². The molecule has 130 valence electrons. The van der Waals surface area contributed by atoms with Crippen LogP contribution in [0.1, 0.15) is 23.3 Å². The van der Waals surface area contributed by atoms with Crippen LogP contribution < -0.4 is 5.56 Å². The van der Waals surface area contributed by atoms with E-state index in [0.29, 0.717) is 17.5 Å². The van der Waals surface area contributed by atoms with Gasteiger partial charge in [0.2, 0.25) is 0 Å². The van der Waals surface area contributed by atoms with Crippen LogP contribution >= 0.6 is 27.3 Å². The summed E-state index contributed by atoms with van der Waals surface area (Å²) in [6, 6.07) is 7.75. The van der Waals surface area contributed by atoms with Gasteiger partial charge in [0.25, 0.3) is 5.56 Å². The van der Waals surface area contributed by atoms with Crippen molar-refractivity contribution in [3.05, 3.63) is 49.5 Å². The number of H-pyrrole nitrogens is 2. The lowest BCUT2D eigenvalue weighted by molar-refractivity contribution is 0.700. The molecule has 26 heavy (non-hydrogen) atoms. The molecule has 0 radical (unpaired) electrons. The molecule has 8 heteroatoms. The van der Waals surface area contributed by atoms with Gasteiger partial charge in [-0.15, -0.1) is 11.3 Å². The summed E-state index contributed by atoms with van der Waals surface area (Å²) in [5.41, 5.74) is 1.98. The first-order valence-corrected chi connectivity index (χ1v) is 10.0. The summed E-state index contributed by atoms with van der Waals surface area (Å²) in [4.78, 5) is 26.8. The van der Waals surface area contributed by atoms with Gasteiger partial charge in [-0.3, -0.25) is 9.89 Å². The minimum absolute atomic E-state index is 0.0928. The van der Waals surface area contributed by atoms with Gasteiger partial charge < -0.3 is 4.98 Å². The zero-order valence-electron chi connectivity index (χ0n) is 13.7. The van der Waals surface area contributed by atoms with Crippen molar-refractivity contribution in [2.45, 2.75) is 25.7 Å². The number of benzene rings is 1. The van der Waals surface area contributed by atoms with Crippen LogP contribution in [0, 0.1) is 0 Å². The van der Waals surface area contributed by atoms with Crippen molar-refractivity contribution in [3.63, 3.8) is 0 Å². The molecule has 0 spiro atoms. The number of fused-ring (bicyclic) bond motifs is 3. The molecule has 1 aliphatic carbocycles. The summed E-state index contributed by atoms with van der Waals surface area (Å²) in [5, 5.41) is 7.90. The predicted octanol–water partition coefficient (Wildman–Crippen LogP) is 4.08. The second kappa shape index (κ2) is 6.14. The molecule has 4 aromatic rings. The van der Waals surface area contributed by atoms with Crippen molar-refractivity contribution in [1.82, 2.24) is 25.1 Å². The smallest absolute Gasteiger partial charge is 0.260 e. The molecule has 3 aromatic heterocycles. The van der Waals surface area contributed by atoms with Crippen LogP contribution in [0.5, 0.6) is 0 Å². The van der Waals surface area contributed by atoms with Gasteiger partial charge in [0.1, 0.15) is 4.83 Å². The molecule has 0 saturated carbocycles. The first kappa shape index (κ1) is 15.9. The van der Waals surface area contributed by atoms with Gasteiger partial charge in [-0.05, 0) is 43.4 Å². The first-order valence-electron chi connectivity index (χ1n) is 8.42. The summed E-state index contributed by atoms with van der Waals surface area (Å²) in [5.74, 6) is 1.45. The Morgan fingerprint density at radius 2 is 2.00 bits per heavy atom. The molecule has 0 saturated heterocycles. The maximum Gasteiger partial charge on any atom is 0.260 e. The summed E-state index contributed by atoms with van der Waals surface area (Å²) >= 11 is 5.08. The third-order valence-corrected chi connectivity index (χ3v) is 6.30. The average Bonchev–Trinajstić information content (AvgIpc) is 3.26. The van der Waals surface area contributed by atoms with E-state index < -0.39 is 0 Å². The number of rotatable bonds is 2. The topological polar surface area (TPSA) is 87.3 Å². The van der Waals surface area contributed by atoms with Crippen molar-refractivity contribution < 1.29 is 0 Å². The number of halogens is 1. The van der Waals surface area contributed by atoms with Gasteiger partial charge in [0.05, 0.1) is 5.39 Å². The molecule has 2 N–H and O–H groups in total. The Labute approximate surface area is 160 Å². The number of aromatic amines is 2. The highest BCUT2D eigenvalue weighted by Crippen LogP contribution is 2.34. The van der Waals surface area contributed by atoms with Crippen molar-refractivity contribution in [2.75, 3.05) is 0 Å². The van der Waals surface area contributed by atoms with E-state index in [2.05, 4.69) is 41.1 Å². The zero-order valence-corrected chi connectivity index (χ0v) is 16.1. The Bertz CT molecular complexity index is 1190. The molecule has 0 fully saturated rings. The number of hydrogen-bond acceptors (Lipinski definition) is 5. The van der Waals surface area contributed by atoms with E-state index in [9.17, 15) is 4.79 Å². The van der Waals surface area contributed by atoms with Crippen molar-refractivity contribution in [1.29, 1.82) is 0 Å². The van der Waals surface area contributed by atoms with Crippen LogP contribution in [0.15, 0.2) is 33.5 Å². The van der Waals surface area contributed by atoms with Crippen molar-refractivity contribution >= 4 is 37.5 Å². The fourth-order valence-electron chi connectivity index (χ4n) is 3.40. The molecular formula is C18H14BrN5OS. The molecule has 1 aliphatic rings. The second-order valence-corrected chi connectivity index (χ2v) is 8.32. The molecule has 1 aromatic carbocycles. The molecule has 0 aliphatic heterocycles. The van der Waals surface area contributed by atoms with Crippen LogP contribution in [0.2, 0.25) is 0 Å². The highest BCUT2D eigenvalue weighted by Gasteiger charge is 2.21. The maximum atomic E-state index is 12.7. The number of hydrogen-bond donors (Lipinski definition) is 2. The van der Waals surface area contributed by atoms with Crippen LogP contribution in [-0.4, -0.2) is 25.1 Å². The van der Waals surface area contributed by atoms with Crippen molar-refractivity contribution in [2.24, 2.45) is 0 Å². The van der Waals surface area contributed by atoms with Crippen LogP contribution in [0.4, 0.5) is 0 Å². The molecular weight excluding hydrogens is 414 g/mol. The van der Waals surface area contributed by atoms with Gasteiger partial charge in [-0.2, -0.15) is 5.10 Å². The molecule has 6 nitrogen and oxygen atoms in total. The number of aryl methyl sites for hydroxylation is 2. The Hall–Kier alpha value is -2.32. The Morgan fingerprint density at radius 1 is 1.12 bits per heavy atom. The second-order valence-electron chi connectivity index (χ2n) is 6.32. The predicted molar refractivity (Wildman–Crippen MR) is 105 cm³/mol. The normalized spacial score (nSPS) is 13.9. The largest absolute Gasteiger partial charge is 0.303 e. The third kappa shape index (κ3) is 2.60. The summed E-state index contributed by atoms with van der Waals surface area (Å²) in [7, 11) is 0. The standard InChI is InChI=1S/C18H14BrN5OS/c19-10-5-3-4-9(8-10)14-20-16(24-23-14)15-21-17(25)13-11-6-1-2-7-12(11)26-18(13)22-15/h3-5,8H,1-2,6-7H2,(H,20,23,24)(H,21,22,25). The summed E-state index contributed by atoms with van der Waals surface area (Å²) in [6.07, 6.45) is 4.33. The quantitative estimate of drug-likeness (QED) is 0.504. The first-order chi connectivity index (χ1) is 12.7. The van der Waals surface area contributed by atoms with Gasteiger partial charge in [-0.25, -0.2) is 9.97 Å². The van der Waals surface area contributed by atoms with E-state index in [-0.39, 0.29) is 5.56 Å². The van der Waals surface area contributed by atoms with E-state index in [1.807, 2.05) is 24.3 Å². The van der Waals surface area contributed by atoms with E-state index in [1.54, 1.807) is 11.3 Å².